The number of hydrogen-bond acceptors (Lipinski definition) is 3. The van der Waals surface area contributed by atoms with Gasteiger partial charge in [-0.15, -0.1) is 24.8 Å². The van der Waals surface area contributed by atoms with Gasteiger partial charge in [0.25, 0.3) is 0 Å². The third-order valence-corrected chi connectivity index (χ3v) is 6.22. The summed E-state index contributed by atoms with van der Waals surface area (Å²) in [4.78, 5) is 9.23. The number of aliphatic imine (C=N–C) groups is 1. The number of halogens is 4. The lowest BCUT2D eigenvalue weighted by molar-refractivity contribution is 0.408. The fraction of sp³-hybridized carbons (Fsp3) is 0.429. The Bertz CT molecular complexity index is 830. The average molecular weight is 462 g/mol. The van der Waals surface area contributed by atoms with Crippen LogP contribution in [-0.4, -0.2) is 17.8 Å². The molecule has 0 amide bonds. The first-order valence-electron chi connectivity index (χ1n) is 9.16. The molecule has 1 aromatic carbocycles. The molecule has 2 aromatic rings. The summed E-state index contributed by atoms with van der Waals surface area (Å²) in [5, 5.41) is 1.22. The van der Waals surface area contributed by atoms with E-state index in [0.717, 1.165) is 23.4 Å². The zero-order chi connectivity index (χ0) is 18.1. The predicted molar refractivity (Wildman–Crippen MR) is 121 cm³/mol. The van der Waals surface area contributed by atoms with Crippen LogP contribution in [0.25, 0.3) is 0 Å². The quantitative estimate of drug-likeness (QED) is 0.506. The molecule has 4 rings (SSSR count). The van der Waals surface area contributed by atoms with Crippen molar-refractivity contribution in [3.8, 4) is 5.75 Å². The van der Waals surface area contributed by atoms with E-state index >= 15 is 0 Å². The summed E-state index contributed by atoms with van der Waals surface area (Å²) in [5.41, 5.74) is 4.74. The summed E-state index contributed by atoms with van der Waals surface area (Å²) < 4.78 is 5.45. The van der Waals surface area contributed by atoms with Gasteiger partial charge in [-0.05, 0) is 47.6 Å². The standard InChI is InChI=1S/C21H22Cl2N2O.2ClH/c1-26-16-7-6-14-8-15(9-18-19(22)11-24-12-20(18)23)25-21(17(14)10-16)13-4-2-3-5-13;;/h6-7,10-13,21H,2-5,8-9H2,1H3;2*1H. The number of aromatic nitrogens is 1. The Morgan fingerprint density at radius 3 is 2.39 bits per heavy atom. The van der Waals surface area contributed by atoms with Crippen LogP contribution in [0, 0.1) is 5.92 Å². The molecule has 28 heavy (non-hydrogen) atoms. The molecule has 0 bridgehead atoms. The number of benzene rings is 1. The molecule has 1 unspecified atom stereocenters. The molecule has 2 heterocycles. The highest BCUT2D eigenvalue weighted by Gasteiger charge is 2.31. The van der Waals surface area contributed by atoms with Crippen LogP contribution in [0.4, 0.5) is 0 Å². The van der Waals surface area contributed by atoms with Crippen molar-refractivity contribution in [2.24, 2.45) is 10.9 Å². The van der Waals surface area contributed by atoms with Gasteiger partial charge in [0.1, 0.15) is 5.75 Å². The Labute approximate surface area is 188 Å². The molecule has 1 saturated carbocycles. The molecule has 1 atom stereocenters. The molecule has 0 radical (unpaired) electrons. The molecular formula is C21H24Cl4N2O. The first-order valence-corrected chi connectivity index (χ1v) is 9.91. The van der Waals surface area contributed by atoms with Crippen LogP contribution in [0.1, 0.15) is 48.4 Å². The van der Waals surface area contributed by atoms with Crippen LogP contribution < -0.4 is 4.74 Å². The van der Waals surface area contributed by atoms with Crippen LogP contribution in [0.2, 0.25) is 10.0 Å². The minimum absolute atomic E-state index is 0. The van der Waals surface area contributed by atoms with E-state index in [4.69, 9.17) is 32.9 Å². The maximum atomic E-state index is 6.33. The van der Waals surface area contributed by atoms with Gasteiger partial charge in [0.15, 0.2) is 0 Å². The van der Waals surface area contributed by atoms with Gasteiger partial charge >= 0.3 is 0 Å². The Balaban J connectivity index is 0.00000140. The van der Waals surface area contributed by atoms with E-state index in [1.165, 1.54) is 36.8 Å². The number of fused-ring (bicyclic) bond motifs is 1. The summed E-state index contributed by atoms with van der Waals surface area (Å²) in [6.45, 7) is 0. The number of pyridine rings is 1. The van der Waals surface area contributed by atoms with E-state index in [9.17, 15) is 0 Å². The number of ether oxygens (including phenoxy) is 1. The number of methoxy groups -OCH3 is 1. The van der Waals surface area contributed by atoms with E-state index in [-0.39, 0.29) is 30.9 Å². The van der Waals surface area contributed by atoms with Crippen molar-refractivity contribution < 1.29 is 4.74 Å². The molecule has 0 N–H and O–H groups in total. The van der Waals surface area contributed by atoms with Crippen LogP contribution >= 0.6 is 48.0 Å². The first-order chi connectivity index (χ1) is 12.7. The Morgan fingerprint density at radius 2 is 1.75 bits per heavy atom. The lowest BCUT2D eigenvalue weighted by atomic mass is 9.84. The van der Waals surface area contributed by atoms with Crippen LogP contribution in [0.15, 0.2) is 35.6 Å². The van der Waals surface area contributed by atoms with E-state index in [1.54, 1.807) is 19.5 Å². The normalized spacial score (nSPS) is 18.5. The summed E-state index contributed by atoms with van der Waals surface area (Å²) in [6, 6.07) is 6.61. The van der Waals surface area contributed by atoms with Gasteiger partial charge in [0.2, 0.25) is 0 Å². The highest BCUT2D eigenvalue weighted by molar-refractivity contribution is 6.36. The van der Waals surface area contributed by atoms with E-state index in [0.29, 0.717) is 22.4 Å². The Hall–Kier alpha value is -1.000. The van der Waals surface area contributed by atoms with Gasteiger partial charge in [-0.2, -0.15) is 0 Å². The van der Waals surface area contributed by atoms with Crippen LogP contribution in [0.5, 0.6) is 5.75 Å². The molecule has 0 saturated heterocycles. The van der Waals surface area contributed by atoms with Crippen LogP contribution in [-0.2, 0) is 12.8 Å². The Kier molecular flexibility index (Phi) is 8.44. The SMILES string of the molecule is COc1ccc2c(c1)C(C1CCCC1)N=C(Cc1c(Cl)cncc1Cl)C2.Cl.Cl. The molecule has 1 fully saturated rings. The molecular weight excluding hydrogens is 438 g/mol. The van der Waals surface area contributed by atoms with Crippen molar-refractivity contribution in [1.29, 1.82) is 0 Å². The molecule has 7 heteroatoms. The zero-order valence-electron chi connectivity index (χ0n) is 15.7. The minimum Gasteiger partial charge on any atom is -0.497 e. The summed E-state index contributed by atoms with van der Waals surface area (Å²) in [6.07, 6.45) is 9.90. The zero-order valence-corrected chi connectivity index (χ0v) is 18.8. The van der Waals surface area contributed by atoms with Gasteiger partial charge in [-0.3, -0.25) is 9.98 Å². The summed E-state index contributed by atoms with van der Waals surface area (Å²) in [7, 11) is 1.72. The molecule has 1 aliphatic heterocycles. The highest BCUT2D eigenvalue weighted by atomic mass is 35.5. The van der Waals surface area contributed by atoms with Crippen molar-refractivity contribution in [2.75, 3.05) is 7.11 Å². The second-order valence-corrected chi connectivity index (χ2v) is 8.00. The minimum atomic E-state index is 0. The van der Waals surface area contributed by atoms with Crippen LogP contribution in [0.3, 0.4) is 0 Å². The predicted octanol–water partition coefficient (Wildman–Crippen LogP) is 6.71. The van der Waals surface area contributed by atoms with E-state index < -0.39 is 0 Å². The summed E-state index contributed by atoms with van der Waals surface area (Å²) >= 11 is 12.7. The van der Waals surface area contributed by atoms with E-state index in [2.05, 4.69) is 17.1 Å². The van der Waals surface area contributed by atoms with Crippen molar-refractivity contribution in [1.82, 2.24) is 4.98 Å². The van der Waals surface area contributed by atoms with Crippen molar-refractivity contribution in [3.05, 3.63) is 57.3 Å². The van der Waals surface area contributed by atoms with E-state index in [1.807, 2.05) is 6.07 Å². The summed E-state index contributed by atoms with van der Waals surface area (Å²) in [5.74, 6) is 1.52. The van der Waals surface area contributed by atoms with Crippen molar-refractivity contribution in [2.45, 2.75) is 44.6 Å². The van der Waals surface area contributed by atoms with Gasteiger partial charge in [-0.1, -0.05) is 42.1 Å². The largest absolute Gasteiger partial charge is 0.497 e. The number of hydrogen-bond donors (Lipinski definition) is 0. The maximum absolute atomic E-state index is 6.33. The Morgan fingerprint density at radius 1 is 1.07 bits per heavy atom. The fourth-order valence-electron chi connectivity index (χ4n) is 4.22. The maximum Gasteiger partial charge on any atom is 0.119 e. The first kappa shape index (κ1) is 23.3. The second-order valence-electron chi connectivity index (χ2n) is 7.18. The topological polar surface area (TPSA) is 34.5 Å². The van der Waals surface area contributed by atoms with Crippen molar-refractivity contribution in [3.63, 3.8) is 0 Å². The van der Waals surface area contributed by atoms with Crippen molar-refractivity contribution >= 4 is 53.7 Å². The molecule has 0 spiro atoms. The third-order valence-electron chi connectivity index (χ3n) is 5.57. The molecule has 2 aliphatic rings. The molecule has 152 valence electrons. The molecule has 1 aliphatic carbocycles. The average Bonchev–Trinajstić information content (AvgIpc) is 3.18. The smallest absolute Gasteiger partial charge is 0.119 e. The fourth-order valence-corrected chi connectivity index (χ4v) is 4.72. The van der Waals surface area contributed by atoms with Gasteiger partial charge in [-0.25, -0.2) is 0 Å². The van der Waals surface area contributed by atoms with Gasteiger partial charge in [0.05, 0.1) is 23.2 Å². The lowest BCUT2D eigenvalue weighted by Gasteiger charge is -2.29. The number of nitrogens with zero attached hydrogens (tertiary/aromatic N) is 2. The monoisotopic (exact) mass is 460 g/mol. The number of rotatable bonds is 4. The lowest BCUT2D eigenvalue weighted by Crippen LogP contribution is -2.21. The molecule has 3 nitrogen and oxygen atoms in total. The highest BCUT2D eigenvalue weighted by Crippen LogP contribution is 2.43. The van der Waals surface area contributed by atoms with Gasteiger partial charge < -0.3 is 4.74 Å². The second kappa shape index (κ2) is 10.2. The van der Waals surface area contributed by atoms with Gasteiger partial charge in [0, 0.05) is 30.9 Å². The molecule has 1 aromatic heterocycles. The third kappa shape index (κ3) is 4.76.